The summed E-state index contributed by atoms with van der Waals surface area (Å²) in [5.41, 5.74) is 10.7. The molecule has 21 heavy (non-hydrogen) atoms. The molecule has 0 spiro atoms. The van der Waals surface area contributed by atoms with Crippen molar-refractivity contribution in [2.75, 3.05) is 0 Å². The van der Waals surface area contributed by atoms with Crippen molar-refractivity contribution in [2.45, 2.75) is 46.6 Å². The summed E-state index contributed by atoms with van der Waals surface area (Å²) in [6.45, 7) is 8.36. The Hall–Kier alpha value is -1.66. The average molecular weight is 303 g/mol. The van der Waals surface area contributed by atoms with E-state index in [4.69, 9.17) is 15.8 Å². The Balaban J connectivity index is 2.22. The smallest absolute Gasteiger partial charge is 0.195 e. The first-order chi connectivity index (χ1) is 10.0. The summed E-state index contributed by atoms with van der Waals surface area (Å²) < 4.78 is 4.11. The van der Waals surface area contributed by atoms with E-state index in [1.54, 1.807) is 11.3 Å². The monoisotopic (exact) mass is 303 g/mol. The zero-order valence-electron chi connectivity index (χ0n) is 12.9. The molecule has 3 rings (SSSR count). The van der Waals surface area contributed by atoms with E-state index in [-0.39, 0.29) is 6.04 Å². The minimum atomic E-state index is 0.0890. The average Bonchev–Trinajstić information content (AvgIpc) is 3.05. The summed E-state index contributed by atoms with van der Waals surface area (Å²) in [6, 6.07) is 0.0890. The number of thiazole rings is 1. The molecule has 3 aromatic heterocycles. The molecule has 0 aliphatic heterocycles. The van der Waals surface area contributed by atoms with Crippen molar-refractivity contribution < 1.29 is 0 Å². The van der Waals surface area contributed by atoms with Crippen LogP contribution in [0.1, 0.15) is 36.5 Å². The second kappa shape index (κ2) is 5.27. The Morgan fingerprint density at radius 3 is 2.76 bits per heavy atom. The van der Waals surface area contributed by atoms with Gasteiger partial charge in [-0.2, -0.15) is 10.1 Å². The quantitative estimate of drug-likeness (QED) is 0.806. The highest BCUT2D eigenvalue weighted by molar-refractivity contribution is 7.15. The van der Waals surface area contributed by atoms with Crippen LogP contribution in [0.3, 0.4) is 0 Å². The molecule has 112 valence electrons. The van der Waals surface area contributed by atoms with Gasteiger partial charge in [-0.25, -0.2) is 4.68 Å². The molecule has 0 bridgehead atoms. The van der Waals surface area contributed by atoms with Crippen LogP contribution in [0.15, 0.2) is 11.6 Å². The first kappa shape index (κ1) is 14.3. The minimum Gasteiger partial charge on any atom is -0.328 e. The molecule has 0 aromatic carbocycles. The van der Waals surface area contributed by atoms with Crippen LogP contribution in [0.2, 0.25) is 0 Å². The van der Waals surface area contributed by atoms with Crippen LogP contribution >= 0.6 is 11.3 Å². The normalized spacial score (nSPS) is 13.2. The molecule has 0 saturated carbocycles. The van der Waals surface area contributed by atoms with Crippen molar-refractivity contribution in [1.82, 2.24) is 19.2 Å². The number of nitrogens with two attached hydrogens (primary N) is 1. The number of aryl methyl sites for hydroxylation is 1. The Morgan fingerprint density at radius 2 is 2.14 bits per heavy atom. The second-order valence-electron chi connectivity index (χ2n) is 5.53. The molecule has 3 heterocycles. The number of hydrogen-bond acceptors (Lipinski definition) is 4. The lowest BCUT2D eigenvalue weighted by molar-refractivity contribution is 0.701. The Bertz CT molecular complexity index is 778. The first-order valence-electron chi connectivity index (χ1n) is 7.28. The molecule has 0 saturated heterocycles. The lowest BCUT2D eigenvalue weighted by atomic mass is 10.1. The zero-order chi connectivity index (χ0) is 15.1. The predicted octanol–water partition coefficient (Wildman–Crippen LogP) is 2.65. The maximum absolute atomic E-state index is 6.02. The van der Waals surface area contributed by atoms with Gasteiger partial charge in [-0.1, -0.05) is 6.92 Å². The molecule has 6 heteroatoms. The highest BCUT2D eigenvalue weighted by Gasteiger charge is 2.20. The van der Waals surface area contributed by atoms with Crippen molar-refractivity contribution >= 4 is 16.3 Å². The summed E-state index contributed by atoms with van der Waals surface area (Å²) in [4.78, 5) is 5.76. The van der Waals surface area contributed by atoms with E-state index in [2.05, 4.69) is 36.7 Å². The fourth-order valence-corrected chi connectivity index (χ4v) is 3.61. The molecule has 5 nitrogen and oxygen atoms in total. The molecule has 0 amide bonds. The molecular formula is C15H21N5S. The van der Waals surface area contributed by atoms with Gasteiger partial charge in [0.2, 0.25) is 0 Å². The summed E-state index contributed by atoms with van der Waals surface area (Å²) in [5.74, 6) is 0.916. The third-order valence-electron chi connectivity index (χ3n) is 3.85. The van der Waals surface area contributed by atoms with Crippen molar-refractivity contribution in [3.8, 4) is 5.82 Å². The van der Waals surface area contributed by atoms with Gasteiger partial charge in [-0.05, 0) is 32.8 Å². The fourth-order valence-electron chi connectivity index (χ4n) is 2.88. The predicted molar refractivity (Wildman–Crippen MR) is 86.4 cm³/mol. The van der Waals surface area contributed by atoms with Crippen LogP contribution in [0.5, 0.6) is 0 Å². The second-order valence-corrected chi connectivity index (χ2v) is 6.41. The SMILES string of the molecule is CCc1c(C)nn(-c2nc3sccn3c2CC(C)N)c1C. The number of hydrogen-bond donors (Lipinski definition) is 1. The van der Waals surface area contributed by atoms with E-state index in [9.17, 15) is 0 Å². The Morgan fingerprint density at radius 1 is 1.38 bits per heavy atom. The van der Waals surface area contributed by atoms with Gasteiger partial charge in [0, 0.05) is 29.7 Å². The Labute approximate surface area is 128 Å². The topological polar surface area (TPSA) is 61.1 Å². The van der Waals surface area contributed by atoms with E-state index >= 15 is 0 Å². The highest BCUT2D eigenvalue weighted by Crippen LogP contribution is 2.24. The van der Waals surface area contributed by atoms with Crippen LogP contribution in [-0.4, -0.2) is 25.2 Å². The van der Waals surface area contributed by atoms with Crippen LogP contribution in [-0.2, 0) is 12.8 Å². The third kappa shape index (κ3) is 2.28. The largest absolute Gasteiger partial charge is 0.328 e. The summed E-state index contributed by atoms with van der Waals surface area (Å²) in [6.07, 6.45) is 3.83. The van der Waals surface area contributed by atoms with Crippen molar-refractivity contribution in [1.29, 1.82) is 0 Å². The molecule has 0 radical (unpaired) electrons. The molecule has 2 N–H and O–H groups in total. The van der Waals surface area contributed by atoms with Gasteiger partial charge in [-0.3, -0.25) is 4.40 Å². The van der Waals surface area contributed by atoms with Crippen LogP contribution < -0.4 is 5.73 Å². The minimum absolute atomic E-state index is 0.0890. The number of rotatable bonds is 4. The van der Waals surface area contributed by atoms with E-state index in [1.807, 2.05) is 11.6 Å². The molecule has 3 aromatic rings. The summed E-state index contributed by atoms with van der Waals surface area (Å²) in [5, 5.41) is 6.75. The van der Waals surface area contributed by atoms with E-state index < -0.39 is 0 Å². The molecule has 0 aliphatic carbocycles. The van der Waals surface area contributed by atoms with Gasteiger partial charge in [-0.15, -0.1) is 11.3 Å². The van der Waals surface area contributed by atoms with Crippen molar-refractivity contribution in [3.63, 3.8) is 0 Å². The highest BCUT2D eigenvalue weighted by atomic mass is 32.1. The van der Waals surface area contributed by atoms with Crippen LogP contribution in [0.25, 0.3) is 10.8 Å². The van der Waals surface area contributed by atoms with Crippen molar-refractivity contribution in [3.05, 3.63) is 34.2 Å². The maximum atomic E-state index is 6.02. The van der Waals surface area contributed by atoms with Gasteiger partial charge < -0.3 is 5.73 Å². The lowest BCUT2D eigenvalue weighted by Gasteiger charge is -2.08. The summed E-state index contributed by atoms with van der Waals surface area (Å²) in [7, 11) is 0. The van der Waals surface area contributed by atoms with Gasteiger partial charge in [0.05, 0.1) is 11.4 Å². The fraction of sp³-hybridized carbons (Fsp3) is 0.467. The van der Waals surface area contributed by atoms with Crippen LogP contribution in [0.4, 0.5) is 0 Å². The lowest BCUT2D eigenvalue weighted by Crippen LogP contribution is -2.20. The zero-order valence-corrected chi connectivity index (χ0v) is 13.7. The third-order valence-corrected chi connectivity index (χ3v) is 4.61. The number of imidazole rings is 1. The van der Waals surface area contributed by atoms with Gasteiger partial charge in [0.1, 0.15) is 0 Å². The van der Waals surface area contributed by atoms with Crippen molar-refractivity contribution in [2.24, 2.45) is 5.73 Å². The Kier molecular flexibility index (Phi) is 3.59. The van der Waals surface area contributed by atoms with E-state index in [0.717, 1.165) is 35.0 Å². The molecule has 1 unspecified atom stereocenters. The molecular weight excluding hydrogens is 282 g/mol. The van der Waals surface area contributed by atoms with Gasteiger partial charge in [0.25, 0.3) is 0 Å². The van der Waals surface area contributed by atoms with Gasteiger partial charge >= 0.3 is 0 Å². The number of fused-ring (bicyclic) bond motifs is 1. The number of aromatic nitrogens is 4. The summed E-state index contributed by atoms with van der Waals surface area (Å²) >= 11 is 1.64. The standard InChI is InChI=1S/C15H21N5S/c1-5-12-10(3)18-20(11(12)4)14-13(8-9(2)16)19-6-7-21-15(19)17-14/h6-7,9H,5,8,16H2,1-4H3. The molecule has 0 fully saturated rings. The molecule has 1 atom stereocenters. The maximum Gasteiger partial charge on any atom is 0.195 e. The van der Waals surface area contributed by atoms with E-state index in [0.29, 0.717) is 0 Å². The van der Waals surface area contributed by atoms with Crippen LogP contribution in [0, 0.1) is 13.8 Å². The van der Waals surface area contributed by atoms with E-state index in [1.165, 1.54) is 11.3 Å². The van der Waals surface area contributed by atoms with Gasteiger partial charge in [0.15, 0.2) is 10.8 Å². The molecule has 0 aliphatic rings. The first-order valence-corrected chi connectivity index (χ1v) is 8.16. The number of nitrogens with zero attached hydrogens (tertiary/aromatic N) is 4.